The summed E-state index contributed by atoms with van der Waals surface area (Å²) < 4.78 is 23.1. The van der Waals surface area contributed by atoms with Gasteiger partial charge in [-0.25, -0.2) is 9.82 Å². The van der Waals surface area contributed by atoms with Gasteiger partial charge in [-0.3, -0.25) is 20.2 Å². The standard InChI is InChI=1S/C21H16FN7O6S/c22-13-1-3-14(4-2-13)24-21(36)25-20(23)27-26-15(5-7-16-9-11-18(34-16)28(30)31)6-8-17-10-12-19(35-17)29(32)33/h1-12H,(H4,23,24,25,27,36). The van der Waals surface area contributed by atoms with E-state index in [-0.39, 0.29) is 28.3 Å². The van der Waals surface area contributed by atoms with Crippen molar-refractivity contribution >= 4 is 58.6 Å². The van der Waals surface area contributed by atoms with E-state index in [4.69, 9.17) is 26.8 Å². The Hall–Kier alpha value is -5.18. The van der Waals surface area contributed by atoms with Gasteiger partial charge in [0.1, 0.15) is 27.2 Å². The van der Waals surface area contributed by atoms with Crippen molar-refractivity contribution in [1.82, 2.24) is 5.43 Å². The number of guanidine groups is 1. The minimum absolute atomic E-state index is 0.0276. The van der Waals surface area contributed by atoms with Crippen LogP contribution in [0.4, 0.5) is 21.8 Å². The summed E-state index contributed by atoms with van der Waals surface area (Å²) >= 11 is 5.08. The predicted molar refractivity (Wildman–Crippen MR) is 134 cm³/mol. The maximum Gasteiger partial charge on any atom is 0.433 e. The first-order valence-electron chi connectivity index (χ1n) is 9.78. The molecule has 0 atom stereocenters. The SMILES string of the molecule is NC(=NC(=S)Nc1ccc(F)cc1)NN=C(C=Cc1ccc([N+](=O)[O-])o1)C=Cc1ccc([N+](=O)[O-])o1. The van der Waals surface area contributed by atoms with Crippen LogP contribution in [0.1, 0.15) is 11.5 Å². The number of aliphatic imine (C=N–C) groups is 1. The first kappa shape index (κ1) is 25.4. The number of thiocarbonyl (C=S) groups is 1. The van der Waals surface area contributed by atoms with E-state index >= 15 is 0 Å². The van der Waals surface area contributed by atoms with Crippen molar-refractivity contribution in [1.29, 1.82) is 0 Å². The van der Waals surface area contributed by atoms with E-state index in [2.05, 4.69) is 20.8 Å². The third-order valence-electron chi connectivity index (χ3n) is 4.04. The predicted octanol–water partition coefficient (Wildman–Crippen LogP) is 4.21. The number of nitro groups is 2. The highest BCUT2D eigenvalue weighted by atomic mass is 32.1. The highest BCUT2D eigenvalue weighted by molar-refractivity contribution is 7.80. The second kappa shape index (κ2) is 11.8. The Labute approximate surface area is 206 Å². The average molecular weight is 513 g/mol. The number of nitrogens with two attached hydrogens (primary N) is 1. The number of furan rings is 2. The molecular formula is C21H16FN7O6S. The van der Waals surface area contributed by atoms with Gasteiger partial charge in [0.15, 0.2) is 0 Å². The molecule has 0 bridgehead atoms. The number of allylic oxidation sites excluding steroid dienone is 2. The van der Waals surface area contributed by atoms with Crippen LogP contribution in [0.2, 0.25) is 0 Å². The van der Waals surface area contributed by atoms with Crippen LogP contribution in [0.15, 0.2) is 79.6 Å². The first-order valence-corrected chi connectivity index (χ1v) is 10.2. The molecule has 0 saturated carbocycles. The molecule has 0 aliphatic rings. The van der Waals surface area contributed by atoms with E-state index < -0.39 is 27.4 Å². The van der Waals surface area contributed by atoms with Gasteiger partial charge >= 0.3 is 11.8 Å². The number of benzene rings is 1. The molecule has 15 heteroatoms. The van der Waals surface area contributed by atoms with Gasteiger partial charge in [-0.1, -0.05) is 0 Å². The molecule has 0 unspecified atom stereocenters. The molecule has 184 valence electrons. The second-order valence-corrected chi connectivity index (χ2v) is 7.00. The summed E-state index contributed by atoms with van der Waals surface area (Å²) in [5, 5.41) is 28.3. The van der Waals surface area contributed by atoms with Crippen molar-refractivity contribution in [2.24, 2.45) is 15.8 Å². The summed E-state index contributed by atoms with van der Waals surface area (Å²) in [4.78, 5) is 24.1. The van der Waals surface area contributed by atoms with Crippen LogP contribution in [0.25, 0.3) is 12.2 Å². The van der Waals surface area contributed by atoms with E-state index in [1.165, 1.54) is 72.8 Å². The topological polar surface area (TPSA) is 187 Å². The minimum Gasteiger partial charge on any atom is -0.401 e. The smallest absolute Gasteiger partial charge is 0.401 e. The Morgan fingerprint density at radius 1 is 0.944 bits per heavy atom. The molecule has 3 rings (SSSR count). The lowest BCUT2D eigenvalue weighted by molar-refractivity contribution is -0.402. The van der Waals surface area contributed by atoms with Crippen LogP contribution in [0.3, 0.4) is 0 Å². The molecule has 1 aromatic carbocycles. The van der Waals surface area contributed by atoms with Gasteiger partial charge in [-0.05, 0) is 72.9 Å². The summed E-state index contributed by atoms with van der Waals surface area (Å²) in [6.45, 7) is 0. The number of nitrogens with one attached hydrogen (secondary N) is 2. The second-order valence-electron chi connectivity index (χ2n) is 6.62. The van der Waals surface area contributed by atoms with Crippen LogP contribution < -0.4 is 16.5 Å². The van der Waals surface area contributed by atoms with Crippen LogP contribution in [0, 0.1) is 26.0 Å². The van der Waals surface area contributed by atoms with Gasteiger partial charge in [0.2, 0.25) is 11.1 Å². The molecule has 0 spiro atoms. The zero-order valence-corrected chi connectivity index (χ0v) is 18.8. The molecule has 0 fully saturated rings. The van der Waals surface area contributed by atoms with Gasteiger partial charge in [0.25, 0.3) is 0 Å². The normalized spacial score (nSPS) is 11.5. The lowest BCUT2D eigenvalue weighted by atomic mass is 10.2. The van der Waals surface area contributed by atoms with Gasteiger partial charge in [-0.2, -0.15) is 10.1 Å². The first-order chi connectivity index (χ1) is 17.2. The highest BCUT2D eigenvalue weighted by Crippen LogP contribution is 2.18. The third-order valence-corrected chi connectivity index (χ3v) is 4.23. The molecule has 0 aliphatic heterocycles. The monoisotopic (exact) mass is 513 g/mol. The maximum absolute atomic E-state index is 13.0. The van der Waals surface area contributed by atoms with E-state index in [1.807, 2.05) is 0 Å². The molecular weight excluding hydrogens is 497 g/mol. The third kappa shape index (κ3) is 7.70. The highest BCUT2D eigenvalue weighted by Gasteiger charge is 2.11. The molecule has 36 heavy (non-hydrogen) atoms. The van der Waals surface area contributed by atoms with Crippen LogP contribution in [-0.2, 0) is 0 Å². The molecule has 4 N–H and O–H groups in total. The zero-order valence-electron chi connectivity index (χ0n) is 18.0. The fraction of sp³-hybridized carbons (Fsp3) is 0. The number of hydrogen-bond donors (Lipinski definition) is 3. The van der Waals surface area contributed by atoms with E-state index in [0.717, 1.165) is 0 Å². The Balaban J connectivity index is 1.75. The molecule has 2 aromatic heterocycles. The van der Waals surface area contributed by atoms with Crippen molar-refractivity contribution in [3.05, 3.63) is 98.2 Å². The maximum atomic E-state index is 13.0. The van der Waals surface area contributed by atoms with E-state index in [1.54, 1.807) is 0 Å². The summed E-state index contributed by atoms with van der Waals surface area (Å²) in [5.74, 6) is -1.15. The Kier molecular flexibility index (Phi) is 8.34. The fourth-order valence-corrected chi connectivity index (χ4v) is 2.68. The van der Waals surface area contributed by atoms with Crippen molar-refractivity contribution in [3.8, 4) is 0 Å². The number of halogens is 1. The largest absolute Gasteiger partial charge is 0.433 e. The lowest BCUT2D eigenvalue weighted by Gasteiger charge is -2.05. The molecule has 2 heterocycles. The summed E-state index contributed by atoms with van der Waals surface area (Å²) in [6, 6.07) is 10.6. The molecule has 13 nitrogen and oxygen atoms in total. The lowest BCUT2D eigenvalue weighted by Crippen LogP contribution is -2.30. The number of anilines is 1. The van der Waals surface area contributed by atoms with Gasteiger partial charge in [0, 0.05) is 5.69 Å². The quantitative estimate of drug-likeness (QED) is 0.129. The molecule has 3 aromatic rings. The van der Waals surface area contributed by atoms with Gasteiger partial charge in [0.05, 0.1) is 17.8 Å². The molecule has 0 amide bonds. The van der Waals surface area contributed by atoms with Crippen molar-refractivity contribution < 1.29 is 23.1 Å². The van der Waals surface area contributed by atoms with Gasteiger partial charge in [-0.15, -0.1) is 0 Å². The summed E-state index contributed by atoms with van der Waals surface area (Å²) in [5.41, 5.74) is 8.97. The van der Waals surface area contributed by atoms with Crippen LogP contribution in [-0.4, -0.2) is 26.6 Å². The molecule has 0 aliphatic carbocycles. The van der Waals surface area contributed by atoms with E-state index in [9.17, 15) is 24.6 Å². The average Bonchev–Trinajstić information content (AvgIpc) is 3.50. The van der Waals surface area contributed by atoms with Gasteiger partial charge < -0.3 is 19.9 Å². The number of nitrogens with zero attached hydrogens (tertiary/aromatic N) is 4. The number of hydrogen-bond acceptors (Lipinski definition) is 8. The number of hydrazone groups is 1. The van der Waals surface area contributed by atoms with Crippen LogP contribution >= 0.6 is 12.2 Å². The molecule has 0 saturated heterocycles. The van der Waals surface area contributed by atoms with Crippen LogP contribution in [0.5, 0.6) is 0 Å². The van der Waals surface area contributed by atoms with Crippen molar-refractivity contribution in [2.45, 2.75) is 0 Å². The van der Waals surface area contributed by atoms with Crippen molar-refractivity contribution in [3.63, 3.8) is 0 Å². The van der Waals surface area contributed by atoms with Crippen molar-refractivity contribution in [2.75, 3.05) is 5.32 Å². The Morgan fingerprint density at radius 2 is 1.47 bits per heavy atom. The fourth-order valence-electron chi connectivity index (χ4n) is 2.47. The zero-order chi connectivity index (χ0) is 26.1. The molecule has 0 radical (unpaired) electrons. The Bertz CT molecular complexity index is 1330. The summed E-state index contributed by atoms with van der Waals surface area (Å²) in [6.07, 6.45) is 5.64. The van der Waals surface area contributed by atoms with E-state index in [0.29, 0.717) is 5.69 Å². The number of rotatable bonds is 8. The minimum atomic E-state index is -0.683. The Morgan fingerprint density at radius 3 is 1.94 bits per heavy atom. The summed E-state index contributed by atoms with van der Waals surface area (Å²) in [7, 11) is 0.